The summed E-state index contributed by atoms with van der Waals surface area (Å²) in [6, 6.07) is 5.31. The third-order valence-electron chi connectivity index (χ3n) is 2.59. The zero-order valence-electron chi connectivity index (χ0n) is 10.7. The van der Waals surface area contributed by atoms with Crippen molar-refractivity contribution < 1.29 is 9.84 Å². The number of anilines is 1. The Kier molecular flexibility index (Phi) is 4.82. The van der Waals surface area contributed by atoms with Crippen LogP contribution in [0.2, 0.25) is 0 Å². The van der Waals surface area contributed by atoms with Gasteiger partial charge in [-0.2, -0.15) is 5.26 Å². The number of ether oxygens (including phenoxy) is 1. The fourth-order valence-electron chi connectivity index (χ4n) is 1.24. The van der Waals surface area contributed by atoms with Crippen molar-refractivity contribution in [3.05, 3.63) is 21.3 Å². The van der Waals surface area contributed by atoms with Crippen molar-refractivity contribution in [1.29, 1.82) is 5.26 Å². The third kappa shape index (κ3) is 3.75. The largest absolute Gasteiger partial charge is 0.488 e. The highest BCUT2D eigenvalue weighted by molar-refractivity contribution is 14.1. The summed E-state index contributed by atoms with van der Waals surface area (Å²) in [6.07, 6.45) is -0.580. The number of hydrogen-bond donors (Lipinski definition) is 2. The topological polar surface area (TPSA) is 79.3 Å². The Balaban J connectivity index is 2.84. The molecule has 0 aliphatic carbocycles. The van der Waals surface area contributed by atoms with Crippen LogP contribution in [0.3, 0.4) is 0 Å². The number of benzene rings is 1. The smallest absolute Gasteiger partial charge is 0.155 e. The van der Waals surface area contributed by atoms with Gasteiger partial charge in [-0.1, -0.05) is 20.8 Å². The molecule has 0 aliphatic heterocycles. The number of aliphatic hydroxyl groups excluding tert-OH is 1. The Morgan fingerprint density at radius 2 is 2.11 bits per heavy atom. The quantitative estimate of drug-likeness (QED) is 0.641. The Labute approximate surface area is 121 Å². The van der Waals surface area contributed by atoms with E-state index in [-0.39, 0.29) is 12.0 Å². The average Bonchev–Trinajstić information content (AvgIpc) is 2.25. The van der Waals surface area contributed by atoms with Gasteiger partial charge in [0, 0.05) is 0 Å². The minimum Gasteiger partial charge on any atom is -0.488 e. The maximum atomic E-state index is 9.91. The van der Waals surface area contributed by atoms with Crippen molar-refractivity contribution in [3.8, 4) is 11.8 Å². The van der Waals surface area contributed by atoms with E-state index in [1.165, 1.54) is 0 Å². The SMILES string of the molecule is CC(C)(C)C(O)COc1c(N)cc(C#N)cc1I. The fraction of sp³-hybridized carbons (Fsp3) is 0.462. The van der Waals surface area contributed by atoms with E-state index in [4.69, 9.17) is 15.7 Å². The zero-order valence-corrected chi connectivity index (χ0v) is 12.9. The highest BCUT2D eigenvalue weighted by atomic mass is 127. The van der Waals surface area contributed by atoms with E-state index >= 15 is 0 Å². The summed E-state index contributed by atoms with van der Waals surface area (Å²) in [5.41, 5.74) is 6.50. The van der Waals surface area contributed by atoms with E-state index < -0.39 is 6.10 Å². The van der Waals surface area contributed by atoms with Crippen LogP contribution in [0.1, 0.15) is 26.3 Å². The molecular formula is C13H17IN2O2. The van der Waals surface area contributed by atoms with Gasteiger partial charge < -0.3 is 15.6 Å². The number of halogens is 1. The van der Waals surface area contributed by atoms with Crippen LogP contribution < -0.4 is 10.5 Å². The first-order valence-corrected chi connectivity index (χ1v) is 6.63. The molecule has 98 valence electrons. The molecule has 0 aromatic heterocycles. The second-order valence-electron chi connectivity index (χ2n) is 5.18. The van der Waals surface area contributed by atoms with E-state index in [1.54, 1.807) is 12.1 Å². The van der Waals surface area contributed by atoms with E-state index in [1.807, 2.05) is 26.8 Å². The Hall–Kier alpha value is -1.00. The summed E-state index contributed by atoms with van der Waals surface area (Å²) in [4.78, 5) is 0. The summed E-state index contributed by atoms with van der Waals surface area (Å²) >= 11 is 2.06. The zero-order chi connectivity index (χ0) is 13.9. The molecular weight excluding hydrogens is 343 g/mol. The fourth-order valence-corrected chi connectivity index (χ4v) is 2.05. The number of hydrogen-bond acceptors (Lipinski definition) is 4. The van der Waals surface area contributed by atoms with Gasteiger partial charge in [-0.05, 0) is 40.1 Å². The Morgan fingerprint density at radius 3 is 2.56 bits per heavy atom. The molecule has 0 amide bonds. The van der Waals surface area contributed by atoms with Crippen molar-refractivity contribution >= 4 is 28.3 Å². The standard InChI is InChI=1S/C13H17IN2O2/c1-13(2,3)11(17)7-18-12-9(14)4-8(6-15)5-10(12)16/h4-5,11,17H,7,16H2,1-3H3. The molecule has 0 spiro atoms. The molecule has 3 N–H and O–H groups in total. The molecule has 0 bridgehead atoms. The molecule has 0 heterocycles. The van der Waals surface area contributed by atoms with E-state index in [0.29, 0.717) is 17.0 Å². The molecule has 18 heavy (non-hydrogen) atoms. The summed E-state index contributed by atoms with van der Waals surface area (Å²) in [7, 11) is 0. The minimum absolute atomic E-state index is 0.176. The van der Waals surface area contributed by atoms with Gasteiger partial charge in [0.05, 0.1) is 27.0 Å². The van der Waals surface area contributed by atoms with Crippen LogP contribution in [-0.4, -0.2) is 17.8 Å². The lowest BCUT2D eigenvalue weighted by atomic mass is 9.90. The number of nitrogen functional groups attached to an aromatic ring is 1. The number of aliphatic hydroxyl groups is 1. The first-order valence-electron chi connectivity index (χ1n) is 5.55. The maximum absolute atomic E-state index is 9.91. The Morgan fingerprint density at radius 1 is 1.50 bits per heavy atom. The molecule has 0 aliphatic rings. The van der Waals surface area contributed by atoms with Crippen LogP contribution in [0.25, 0.3) is 0 Å². The molecule has 0 fully saturated rings. The van der Waals surface area contributed by atoms with Crippen LogP contribution in [0.15, 0.2) is 12.1 Å². The highest BCUT2D eigenvalue weighted by Gasteiger charge is 2.23. The number of nitrogens with two attached hydrogens (primary N) is 1. The molecule has 1 aromatic rings. The lowest BCUT2D eigenvalue weighted by Gasteiger charge is -2.26. The van der Waals surface area contributed by atoms with E-state index in [9.17, 15) is 5.11 Å². The van der Waals surface area contributed by atoms with E-state index in [2.05, 4.69) is 22.6 Å². The van der Waals surface area contributed by atoms with Gasteiger partial charge in [-0.15, -0.1) is 0 Å². The van der Waals surface area contributed by atoms with Crippen molar-refractivity contribution in [1.82, 2.24) is 0 Å². The van der Waals surface area contributed by atoms with Crippen LogP contribution in [0, 0.1) is 20.3 Å². The normalized spacial score (nSPS) is 12.9. The predicted molar refractivity (Wildman–Crippen MR) is 79.2 cm³/mol. The summed E-state index contributed by atoms with van der Waals surface area (Å²) in [5.74, 6) is 0.526. The first kappa shape index (κ1) is 15.1. The van der Waals surface area contributed by atoms with Crippen LogP contribution >= 0.6 is 22.6 Å². The molecule has 4 nitrogen and oxygen atoms in total. The second-order valence-corrected chi connectivity index (χ2v) is 6.34. The average molecular weight is 360 g/mol. The van der Waals surface area contributed by atoms with Crippen molar-refractivity contribution in [2.45, 2.75) is 26.9 Å². The first-order chi connectivity index (χ1) is 8.25. The van der Waals surface area contributed by atoms with Crippen LogP contribution in [0.5, 0.6) is 5.75 Å². The predicted octanol–water partition coefficient (Wildman–Crippen LogP) is 2.53. The third-order valence-corrected chi connectivity index (χ3v) is 3.39. The summed E-state index contributed by atoms with van der Waals surface area (Å²) in [6.45, 7) is 5.99. The molecule has 1 aromatic carbocycles. The summed E-state index contributed by atoms with van der Waals surface area (Å²) < 4.78 is 6.33. The Bertz CT molecular complexity index is 452. The second kappa shape index (κ2) is 5.76. The lowest BCUT2D eigenvalue weighted by Crippen LogP contribution is -2.32. The van der Waals surface area contributed by atoms with Gasteiger partial charge in [0.1, 0.15) is 6.61 Å². The lowest BCUT2D eigenvalue weighted by molar-refractivity contribution is 0.0218. The molecule has 1 atom stereocenters. The number of nitrogens with zero attached hydrogens (tertiary/aromatic N) is 1. The summed E-state index contributed by atoms with van der Waals surface area (Å²) in [5, 5.41) is 18.7. The molecule has 0 saturated heterocycles. The number of rotatable bonds is 3. The van der Waals surface area contributed by atoms with Crippen molar-refractivity contribution in [2.24, 2.45) is 5.41 Å². The van der Waals surface area contributed by atoms with Crippen molar-refractivity contribution in [3.63, 3.8) is 0 Å². The molecule has 0 radical (unpaired) electrons. The van der Waals surface area contributed by atoms with Gasteiger partial charge in [-0.25, -0.2) is 0 Å². The van der Waals surface area contributed by atoms with Gasteiger partial charge in [0.25, 0.3) is 0 Å². The minimum atomic E-state index is -0.580. The molecule has 1 rings (SSSR count). The van der Waals surface area contributed by atoms with Gasteiger partial charge >= 0.3 is 0 Å². The van der Waals surface area contributed by atoms with Crippen molar-refractivity contribution in [2.75, 3.05) is 12.3 Å². The molecule has 5 heteroatoms. The van der Waals surface area contributed by atoms with Gasteiger partial charge in [-0.3, -0.25) is 0 Å². The van der Waals surface area contributed by atoms with Gasteiger partial charge in [0.2, 0.25) is 0 Å². The molecule has 0 saturated carbocycles. The highest BCUT2D eigenvalue weighted by Crippen LogP contribution is 2.30. The van der Waals surface area contributed by atoms with Crippen LogP contribution in [0.4, 0.5) is 5.69 Å². The number of nitriles is 1. The molecule has 1 unspecified atom stereocenters. The maximum Gasteiger partial charge on any atom is 0.155 e. The van der Waals surface area contributed by atoms with E-state index in [0.717, 1.165) is 3.57 Å². The van der Waals surface area contributed by atoms with Crippen LogP contribution in [-0.2, 0) is 0 Å². The van der Waals surface area contributed by atoms with Gasteiger partial charge in [0.15, 0.2) is 5.75 Å². The monoisotopic (exact) mass is 360 g/mol.